The van der Waals surface area contributed by atoms with Gasteiger partial charge in [-0.05, 0) is 86.3 Å². The lowest BCUT2D eigenvalue weighted by Crippen LogP contribution is -2.70. The third kappa shape index (κ3) is 5.15. The van der Waals surface area contributed by atoms with Gasteiger partial charge in [-0.15, -0.1) is 0 Å². The molecular formula is C28H41N4O4+. The summed E-state index contributed by atoms with van der Waals surface area (Å²) in [6.45, 7) is 5.44. The molecule has 1 aromatic rings. The van der Waals surface area contributed by atoms with E-state index in [1.54, 1.807) is 24.5 Å². The Labute approximate surface area is 214 Å². The van der Waals surface area contributed by atoms with E-state index >= 15 is 0 Å². The zero-order chi connectivity index (χ0) is 25.3. The van der Waals surface area contributed by atoms with E-state index in [2.05, 4.69) is 15.7 Å². The van der Waals surface area contributed by atoms with Crippen molar-refractivity contribution in [3.8, 4) is 0 Å². The molecule has 4 aliphatic carbocycles. The molecule has 1 atom stereocenters. The number of alkyl carbamates (subject to hydrolysis) is 1. The number of pyridine rings is 1. The van der Waals surface area contributed by atoms with Crippen LogP contribution in [0.15, 0.2) is 24.5 Å². The van der Waals surface area contributed by atoms with Crippen LogP contribution >= 0.6 is 0 Å². The molecule has 1 saturated heterocycles. The maximum Gasteiger partial charge on any atom is 0.408 e. The Morgan fingerprint density at radius 2 is 1.61 bits per heavy atom. The molecular weight excluding hydrogens is 456 g/mol. The van der Waals surface area contributed by atoms with Crippen LogP contribution in [0.4, 0.5) is 4.79 Å². The van der Waals surface area contributed by atoms with Crippen LogP contribution in [0.2, 0.25) is 0 Å². The van der Waals surface area contributed by atoms with E-state index in [1.807, 2.05) is 13.8 Å². The van der Waals surface area contributed by atoms with Crippen LogP contribution in [0.3, 0.4) is 0 Å². The van der Waals surface area contributed by atoms with Gasteiger partial charge in [-0.1, -0.05) is 13.8 Å². The van der Waals surface area contributed by atoms with E-state index in [0.717, 1.165) is 37.7 Å². The van der Waals surface area contributed by atoms with Gasteiger partial charge in [-0.3, -0.25) is 9.78 Å². The molecule has 4 saturated carbocycles. The van der Waals surface area contributed by atoms with Crippen LogP contribution in [0.25, 0.3) is 0 Å². The second-order valence-corrected chi connectivity index (χ2v) is 12.4. The molecule has 2 N–H and O–H groups in total. The first-order valence-electron chi connectivity index (χ1n) is 13.8. The van der Waals surface area contributed by atoms with Gasteiger partial charge in [0.25, 0.3) is 5.91 Å². The molecule has 1 aromatic heterocycles. The average molecular weight is 498 g/mol. The highest BCUT2D eigenvalue weighted by Gasteiger charge is 2.61. The maximum atomic E-state index is 14.3. The van der Waals surface area contributed by atoms with E-state index in [-0.39, 0.29) is 34.3 Å². The number of hydrogen-bond acceptors (Lipinski definition) is 5. The third-order valence-electron chi connectivity index (χ3n) is 8.97. The first kappa shape index (κ1) is 25.2. The molecule has 5 aliphatic rings. The molecule has 3 amide bonds. The lowest BCUT2D eigenvalue weighted by atomic mass is 9.49. The van der Waals surface area contributed by atoms with E-state index < -0.39 is 12.1 Å². The van der Waals surface area contributed by atoms with E-state index in [1.165, 1.54) is 19.3 Å². The van der Waals surface area contributed by atoms with Gasteiger partial charge in [0, 0.05) is 25.2 Å². The van der Waals surface area contributed by atoms with Crippen molar-refractivity contribution in [3.63, 3.8) is 0 Å². The van der Waals surface area contributed by atoms with Crippen molar-refractivity contribution in [2.24, 2.45) is 29.1 Å². The Balaban J connectivity index is 1.28. The van der Waals surface area contributed by atoms with Crippen LogP contribution in [0, 0.1) is 29.1 Å². The lowest BCUT2D eigenvalue weighted by Gasteiger charge is -2.56. The minimum Gasteiger partial charge on any atom is -0.445 e. The summed E-state index contributed by atoms with van der Waals surface area (Å²) in [5.74, 6) is 2.14. The number of quaternary nitrogens is 1. The number of nitrogens with zero attached hydrogens (tertiary/aromatic N) is 2. The Kier molecular flexibility index (Phi) is 7.07. The molecule has 0 unspecified atom stereocenters. The summed E-state index contributed by atoms with van der Waals surface area (Å²) < 4.78 is 5.42. The summed E-state index contributed by atoms with van der Waals surface area (Å²) in [6.07, 6.45) is 11.8. The van der Waals surface area contributed by atoms with Gasteiger partial charge in [0.15, 0.2) is 0 Å². The fourth-order valence-corrected chi connectivity index (χ4v) is 7.87. The third-order valence-corrected chi connectivity index (χ3v) is 8.97. The summed E-state index contributed by atoms with van der Waals surface area (Å²) in [4.78, 5) is 44.5. The molecule has 6 rings (SSSR count). The van der Waals surface area contributed by atoms with Gasteiger partial charge in [-0.2, -0.15) is 10.0 Å². The monoisotopic (exact) mass is 497 g/mol. The van der Waals surface area contributed by atoms with Gasteiger partial charge in [0.05, 0.1) is 5.41 Å². The van der Waals surface area contributed by atoms with Gasteiger partial charge in [0.2, 0.25) is 0 Å². The Morgan fingerprint density at radius 1 is 1.03 bits per heavy atom. The fourth-order valence-electron chi connectivity index (χ4n) is 7.87. The molecule has 36 heavy (non-hydrogen) atoms. The molecule has 196 valence electrons. The normalized spacial score (nSPS) is 30.7. The largest absolute Gasteiger partial charge is 0.445 e. The van der Waals surface area contributed by atoms with Gasteiger partial charge in [-0.25, -0.2) is 9.59 Å². The molecule has 2 heterocycles. The number of ether oxygens (including phenoxy) is 1. The van der Waals surface area contributed by atoms with Gasteiger partial charge < -0.3 is 10.1 Å². The molecule has 0 aromatic carbocycles. The standard InChI is InChI=1S/C28H40N4O4/c1-19(2)11-24(30-27(35)36-18-20-5-7-29-8-6-20)25(33)31-32(9-3-4-10-32)26(34)28-15-21-12-22(16-28)14-23(13-21)17-28/h5-8,19,21-24H,3-4,9-18H2,1-2H3,(H-,30,31,33,35)/p+1/t21?,22?,23?,24-,28?/m0/s1. The average Bonchev–Trinajstić information content (AvgIpc) is 3.31. The molecule has 8 nitrogen and oxygen atoms in total. The molecule has 0 radical (unpaired) electrons. The highest BCUT2D eigenvalue weighted by Crippen LogP contribution is 2.61. The quantitative estimate of drug-likeness (QED) is 0.553. The van der Waals surface area contributed by atoms with Crippen molar-refractivity contribution in [2.75, 3.05) is 13.1 Å². The number of aromatic nitrogens is 1. The fraction of sp³-hybridized carbons (Fsp3) is 0.714. The summed E-state index contributed by atoms with van der Waals surface area (Å²) in [5, 5.41) is 2.77. The van der Waals surface area contributed by atoms with Crippen LogP contribution in [-0.2, 0) is 20.9 Å². The first-order valence-corrected chi connectivity index (χ1v) is 13.8. The first-order chi connectivity index (χ1) is 17.3. The smallest absolute Gasteiger partial charge is 0.408 e. The van der Waals surface area contributed by atoms with Crippen LogP contribution < -0.4 is 10.7 Å². The molecule has 4 bridgehead atoms. The van der Waals surface area contributed by atoms with Crippen molar-refractivity contribution in [3.05, 3.63) is 30.1 Å². The topological polar surface area (TPSA) is 97.4 Å². The van der Waals surface area contributed by atoms with Crippen molar-refractivity contribution in [1.82, 2.24) is 15.7 Å². The molecule has 5 fully saturated rings. The number of carbonyl (C=O) groups is 3. The zero-order valence-corrected chi connectivity index (χ0v) is 21.7. The number of amides is 3. The number of rotatable bonds is 7. The van der Waals surface area contributed by atoms with Crippen molar-refractivity contribution in [2.45, 2.75) is 84.3 Å². The summed E-state index contributed by atoms with van der Waals surface area (Å²) >= 11 is 0. The maximum absolute atomic E-state index is 14.3. The molecule has 8 heteroatoms. The summed E-state index contributed by atoms with van der Waals surface area (Å²) in [7, 11) is 0. The van der Waals surface area contributed by atoms with Crippen molar-refractivity contribution >= 4 is 17.9 Å². The zero-order valence-electron chi connectivity index (χ0n) is 21.7. The number of hydrogen-bond donors (Lipinski definition) is 2. The Morgan fingerprint density at radius 3 is 2.17 bits per heavy atom. The van der Waals surface area contributed by atoms with Crippen LogP contribution in [0.5, 0.6) is 0 Å². The second kappa shape index (κ2) is 10.1. The highest BCUT2D eigenvalue weighted by molar-refractivity contribution is 5.86. The predicted molar refractivity (Wildman–Crippen MR) is 134 cm³/mol. The minimum atomic E-state index is -0.755. The minimum absolute atomic E-state index is 0.0489. The lowest BCUT2D eigenvalue weighted by molar-refractivity contribution is -0.881. The molecule has 1 aliphatic heterocycles. The summed E-state index contributed by atoms with van der Waals surface area (Å²) in [5.41, 5.74) is 3.72. The van der Waals surface area contributed by atoms with Crippen LogP contribution in [0.1, 0.15) is 77.2 Å². The van der Waals surface area contributed by atoms with Gasteiger partial charge in [0.1, 0.15) is 25.7 Å². The Bertz CT molecular complexity index is 938. The number of likely N-dealkylation sites (tertiary alicyclic amines) is 1. The van der Waals surface area contributed by atoms with E-state index in [9.17, 15) is 14.4 Å². The molecule has 0 spiro atoms. The summed E-state index contributed by atoms with van der Waals surface area (Å²) in [6, 6.07) is 2.81. The highest BCUT2D eigenvalue weighted by atomic mass is 16.5. The number of nitrogens with one attached hydrogen (secondary N) is 2. The number of carbonyl (C=O) groups excluding carboxylic acids is 3. The SMILES string of the molecule is CC(C)C[C@H](NC(=O)OCc1ccncc1)C(=O)N[N+]1(C(=O)C23CC4CC(CC(C4)C2)C3)CCCC1. The van der Waals surface area contributed by atoms with E-state index in [0.29, 0.717) is 37.3 Å². The Hall–Kier alpha value is -2.48. The second-order valence-electron chi connectivity index (χ2n) is 12.4. The van der Waals surface area contributed by atoms with Crippen LogP contribution in [-0.4, -0.2) is 46.6 Å². The predicted octanol–water partition coefficient (Wildman–Crippen LogP) is 4.11. The van der Waals surface area contributed by atoms with Gasteiger partial charge >= 0.3 is 12.0 Å². The van der Waals surface area contributed by atoms with Crippen molar-refractivity contribution < 1.29 is 23.7 Å². The van der Waals surface area contributed by atoms with E-state index in [4.69, 9.17) is 4.74 Å². The van der Waals surface area contributed by atoms with Crippen molar-refractivity contribution in [1.29, 1.82) is 0 Å².